The van der Waals surface area contributed by atoms with Gasteiger partial charge in [0.25, 0.3) is 0 Å². The van der Waals surface area contributed by atoms with E-state index < -0.39 is 0 Å². The highest BCUT2D eigenvalue weighted by atomic mass is 32.1. The van der Waals surface area contributed by atoms with E-state index in [1.165, 1.54) is 27.2 Å². The average molecular weight is 394 g/mol. The Morgan fingerprint density at radius 2 is 2.21 bits per heavy atom. The van der Waals surface area contributed by atoms with Crippen LogP contribution in [0.2, 0.25) is 0 Å². The van der Waals surface area contributed by atoms with Crippen molar-refractivity contribution in [1.29, 1.82) is 0 Å². The maximum absolute atomic E-state index is 5.40. The molecule has 4 rings (SSSR count). The van der Waals surface area contributed by atoms with Crippen LogP contribution < -0.4 is 0 Å². The molecule has 2 aromatic rings. The number of aromatic nitrogens is 3. The van der Waals surface area contributed by atoms with Crippen molar-refractivity contribution in [1.82, 2.24) is 14.8 Å². The van der Waals surface area contributed by atoms with Gasteiger partial charge in [-0.05, 0) is 47.6 Å². The molecular weight excluding hydrogens is 370 g/mol. The van der Waals surface area contributed by atoms with Gasteiger partial charge in [-0.2, -0.15) is 5.10 Å². The summed E-state index contributed by atoms with van der Waals surface area (Å²) in [4.78, 5) is 5.36. The van der Waals surface area contributed by atoms with Crippen molar-refractivity contribution in [2.45, 2.75) is 25.8 Å². The summed E-state index contributed by atoms with van der Waals surface area (Å²) in [6.45, 7) is 2.41. The summed E-state index contributed by atoms with van der Waals surface area (Å²) < 4.78 is 12.2. The van der Waals surface area contributed by atoms with E-state index >= 15 is 0 Å². The highest BCUT2D eigenvalue weighted by Gasteiger charge is 2.24. The summed E-state index contributed by atoms with van der Waals surface area (Å²) in [6.07, 6.45) is 11.3. The maximum Gasteiger partial charge on any atom is 0.137 e. The lowest BCUT2D eigenvalue weighted by Crippen LogP contribution is -2.07. The molecule has 2 aliphatic carbocycles. The van der Waals surface area contributed by atoms with E-state index in [9.17, 15) is 0 Å². The first kappa shape index (κ1) is 18.9. The molecule has 144 valence electrons. The summed E-state index contributed by atoms with van der Waals surface area (Å²) >= 11 is 1.77. The van der Waals surface area contributed by atoms with E-state index in [1.54, 1.807) is 31.1 Å². The molecule has 28 heavy (non-hydrogen) atoms. The highest BCUT2D eigenvalue weighted by molar-refractivity contribution is 7.11. The van der Waals surface area contributed by atoms with Gasteiger partial charge in [-0.1, -0.05) is 24.0 Å². The lowest BCUT2D eigenvalue weighted by Gasteiger charge is -2.18. The summed E-state index contributed by atoms with van der Waals surface area (Å²) in [6, 6.07) is 2.20. The van der Waals surface area contributed by atoms with Crippen LogP contribution in [0.1, 0.15) is 29.7 Å². The number of thiophene rings is 1. The molecule has 0 unspecified atom stereocenters. The number of allylic oxidation sites excluding steroid dienone is 6. The van der Waals surface area contributed by atoms with Crippen LogP contribution in [0.5, 0.6) is 0 Å². The summed E-state index contributed by atoms with van der Waals surface area (Å²) in [5, 5.41) is 6.38. The number of rotatable bonds is 7. The quantitative estimate of drug-likeness (QED) is 0.529. The fourth-order valence-corrected chi connectivity index (χ4v) is 4.49. The zero-order valence-corrected chi connectivity index (χ0v) is 16.8. The van der Waals surface area contributed by atoms with Gasteiger partial charge in [0.1, 0.15) is 19.3 Å². The second kappa shape index (κ2) is 9.16. The Labute approximate surface area is 169 Å². The molecule has 2 aliphatic rings. The number of hydrogen-bond acceptors (Lipinski definition) is 5. The molecule has 0 bridgehead atoms. The van der Waals surface area contributed by atoms with E-state index in [2.05, 4.69) is 45.5 Å². The van der Waals surface area contributed by atoms with Crippen LogP contribution in [0.4, 0.5) is 0 Å². The maximum atomic E-state index is 5.40. The average Bonchev–Trinajstić information content (AvgIpc) is 3.45. The van der Waals surface area contributed by atoms with Crippen molar-refractivity contribution in [2.75, 3.05) is 26.9 Å². The van der Waals surface area contributed by atoms with Crippen LogP contribution in [0.25, 0.3) is 5.57 Å². The zero-order chi connectivity index (χ0) is 19.2. The van der Waals surface area contributed by atoms with Crippen LogP contribution in [-0.4, -0.2) is 41.7 Å². The van der Waals surface area contributed by atoms with Gasteiger partial charge in [-0.25, -0.2) is 9.67 Å². The van der Waals surface area contributed by atoms with Gasteiger partial charge in [-0.15, -0.1) is 11.3 Å². The third-order valence-corrected chi connectivity index (χ3v) is 5.84. The number of hydrogen-bond donors (Lipinski definition) is 0. The molecule has 0 N–H and O–H groups in total. The SMILES string of the molecule is COCCOCC#Cc1csc(C2=CCC3=C2CCC=C3Cn2cncn2)c1. The summed E-state index contributed by atoms with van der Waals surface area (Å²) in [5.74, 6) is 6.27. The van der Waals surface area contributed by atoms with Crippen LogP contribution in [0, 0.1) is 11.8 Å². The van der Waals surface area contributed by atoms with E-state index in [1.807, 2.05) is 4.68 Å². The Morgan fingerprint density at radius 3 is 3.07 bits per heavy atom. The molecule has 0 amide bonds. The van der Waals surface area contributed by atoms with Crippen LogP contribution in [0.3, 0.4) is 0 Å². The van der Waals surface area contributed by atoms with Crippen LogP contribution in [0.15, 0.2) is 53.0 Å². The van der Waals surface area contributed by atoms with Crippen molar-refractivity contribution in [3.63, 3.8) is 0 Å². The van der Waals surface area contributed by atoms with Gasteiger partial charge in [0, 0.05) is 22.9 Å². The number of nitrogens with zero attached hydrogens (tertiary/aromatic N) is 3. The third-order valence-electron chi connectivity index (χ3n) is 4.87. The molecule has 5 nitrogen and oxygen atoms in total. The van der Waals surface area contributed by atoms with Crippen molar-refractivity contribution in [3.8, 4) is 11.8 Å². The molecule has 0 spiro atoms. The third kappa shape index (κ3) is 4.33. The van der Waals surface area contributed by atoms with E-state index in [4.69, 9.17) is 9.47 Å². The van der Waals surface area contributed by atoms with Crippen molar-refractivity contribution >= 4 is 16.9 Å². The Hall–Kier alpha value is -2.46. The number of ether oxygens (including phenoxy) is 2. The summed E-state index contributed by atoms with van der Waals surface area (Å²) in [7, 11) is 1.67. The minimum atomic E-state index is 0.434. The lowest BCUT2D eigenvalue weighted by molar-refractivity contribution is 0.0877. The van der Waals surface area contributed by atoms with Gasteiger partial charge in [0.2, 0.25) is 0 Å². The molecule has 0 aliphatic heterocycles. The number of methoxy groups -OCH3 is 1. The molecular formula is C22H23N3O2S. The molecule has 0 atom stereocenters. The van der Waals surface area contributed by atoms with Gasteiger partial charge in [0.15, 0.2) is 0 Å². The minimum Gasteiger partial charge on any atom is -0.382 e. The molecule has 0 aromatic carbocycles. The summed E-state index contributed by atoms with van der Waals surface area (Å²) in [5.41, 5.74) is 6.77. The fraction of sp³-hybridized carbons (Fsp3) is 0.364. The Kier molecular flexibility index (Phi) is 6.17. The van der Waals surface area contributed by atoms with Crippen LogP contribution >= 0.6 is 11.3 Å². The van der Waals surface area contributed by atoms with Gasteiger partial charge in [0.05, 0.1) is 19.8 Å². The second-order valence-corrected chi connectivity index (χ2v) is 7.60. The topological polar surface area (TPSA) is 49.2 Å². The standard InChI is InChI=1S/C22H23N3O2S/c1-26-10-11-27-9-3-4-17-12-22(28-14-17)21-8-7-19-18(5-2-6-20(19)21)13-25-16-23-15-24-25/h5,8,12,14-16H,2,6-7,9-11,13H2,1H3. The molecule has 0 fully saturated rings. The molecule has 0 saturated heterocycles. The van der Waals surface area contributed by atoms with E-state index in [0.717, 1.165) is 31.4 Å². The predicted molar refractivity (Wildman–Crippen MR) is 111 cm³/mol. The van der Waals surface area contributed by atoms with Gasteiger partial charge < -0.3 is 9.47 Å². The molecule has 2 aromatic heterocycles. The van der Waals surface area contributed by atoms with E-state index in [0.29, 0.717) is 19.8 Å². The minimum absolute atomic E-state index is 0.434. The van der Waals surface area contributed by atoms with Gasteiger partial charge in [-0.3, -0.25) is 0 Å². The Bertz CT molecular complexity index is 971. The Balaban J connectivity index is 1.43. The molecule has 0 saturated carbocycles. The fourth-order valence-electron chi connectivity index (χ4n) is 3.58. The first-order valence-electron chi connectivity index (χ1n) is 9.44. The van der Waals surface area contributed by atoms with E-state index in [-0.39, 0.29) is 0 Å². The first-order valence-corrected chi connectivity index (χ1v) is 10.3. The largest absolute Gasteiger partial charge is 0.382 e. The monoisotopic (exact) mass is 393 g/mol. The van der Waals surface area contributed by atoms with Crippen molar-refractivity contribution in [2.24, 2.45) is 0 Å². The van der Waals surface area contributed by atoms with Crippen LogP contribution in [-0.2, 0) is 16.0 Å². The van der Waals surface area contributed by atoms with Crippen molar-refractivity contribution < 1.29 is 9.47 Å². The van der Waals surface area contributed by atoms with Gasteiger partial charge >= 0.3 is 0 Å². The molecule has 6 heteroatoms. The molecule has 2 heterocycles. The van der Waals surface area contributed by atoms with Crippen molar-refractivity contribution in [3.05, 3.63) is 63.4 Å². The smallest absolute Gasteiger partial charge is 0.137 e. The highest BCUT2D eigenvalue weighted by Crippen LogP contribution is 2.43. The zero-order valence-electron chi connectivity index (χ0n) is 16.0. The normalized spacial score (nSPS) is 15.8. The molecule has 0 radical (unpaired) electrons. The second-order valence-electron chi connectivity index (χ2n) is 6.69. The first-order chi connectivity index (χ1) is 13.8. The predicted octanol–water partition coefficient (Wildman–Crippen LogP) is 3.86. The lowest BCUT2D eigenvalue weighted by atomic mass is 9.89. The Morgan fingerprint density at radius 1 is 1.25 bits per heavy atom.